The lowest BCUT2D eigenvalue weighted by Crippen LogP contribution is -2.12. The molecule has 0 saturated heterocycles. The van der Waals surface area contributed by atoms with Gasteiger partial charge in [0.2, 0.25) is 0 Å². The molecule has 0 aliphatic carbocycles. The molecule has 0 aromatic heterocycles. The van der Waals surface area contributed by atoms with E-state index in [0.717, 1.165) is 16.0 Å². The van der Waals surface area contributed by atoms with Gasteiger partial charge < -0.3 is 10.1 Å². The van der Waals surface area contributed by atoms with Crippen molar-refractivity contribution in [2.75, 3.05) is 7.05 Å². The number of nitrogens with one attached hydrogen (secondary N) is 1. The predicted octanol–water partition coefficient (Wildman–Crippen LogP) is 5.65. The molecule has 21 heavy (non-hydrogen) atoms. The molecule has 2 aromatic carbocycles. The van der Waals surface area contributed by atoms with Gasteiger partial charge in [-0.25, -0.2) is 0 Å². The Bertz CT molecular complexity index is 610. The Labute approximate surface area is 135 Å². The molecule has 0 fully saturated rings. The van der Waals surface area contributed by atoms with Crippen molar-refractivity contribution in [1.29, 1.82) is 0 Å². The SMILES string of the molecule is CNC(C)c1ccc(Oc2cccc(C(C)C)c2)cc1Br. The standard InChI is InChI=1S/C18H22BrNO/c1-12(2)14-6-5-7-15(10-14)21-16-8-9-17(13(3)20-4)18(19)11-16/h5-13,20H,1-4H3. The summed E-state index contributed by atoms with van der Waals surface area (Å²) < 4.78 is 7.03. The Morgan fingerprint density at radius 2 is 1.71 bits per heavy atom. The first-order valence-corrected chi connectivity index (χ1v) is 8.05. The monoisotopic (exact) mass is 347 g/mol. The van der Waals surface area contributed by atoms with Crippen molar-refractivity contribution < 1.29 is 4.74 Å². The van der Waals surface area contributed by atoms with E-state index in [1.807, 2.05) is 31.3 Å². The molecule has 1 N–H and O–H groups in total. The van der Waals surface area contributed by atoms with Gasteiger partial charge >= 0.3 is 0 Å². The fraction of sp³-hybridized carbons (Fsp3) is 0.333. The summed E-state index contributed by atoms with van der Waals surface area (Å²) in [5.74, 6) is 2.22. The Hall–Kier alpha value is -1.32. The van der Waals surface area contributed by atoms with Crippen LogP contribution in [0.1, 0.15) is 43.9 Å². The first kappa shape index (κ1) is 16.1. The fourth-order valence-electron chi connectivity index (χ4n) is 2.15. The molecule has 3 heteroatoms. The molecule has 2 nitrogen and oxygen atoms in total. The zero-order valence-electron chi connectivity index (χ0n) is 13.0. The van der Waals surface area contributed by atoms with E-state index in [-0.39, 0.29) is 0 Å². The van der Waals surface area contributed by atoms with Crippen molar-refractivity contribution in [3.8, 4) is 11.5 Å². The smallest absolute Gasteiger partial charge is 0.128 e. The molecule has 0 amide bonds. The minimum Gasteiger partial charge on any atom is -0.457 e. The summed E-state index contributed by atoms with van der Waals surface area (Å²) in [7, 11) is 1.96. The van der Waals surface area contributed by atoms with Gasteiger partial charge in [-0.15, -0.1) is 0 Å². The summed E-state index contributed by atoms with van der Waals surface area (Å²) in [6.07, 6.45) is 0. The molecular weight excluding hydrogens is 326 g/mol. The van der Waals surface area contributed by atoms with Crippen LogP contribution in [0.5, 0.6) is 11.5 Å². The normalized spacial score (nSPS) is 12.5. The molecular formula is C18H22BrNO. The topological polar surface area (TPSA) is 21.3 Å². The van der Waals surface area contributed by atoms with Crippen molar-refractivity contribution in [2.45, 2.75) is 32.7 Å². The fourth-order valence-corrected chi connectivity index (χ4v) is 2.85. The molecule has 0 aliphatic heterocycles. The lowest BCUT2D eigenvalue weighted by Gasteiger charge is -2.15. The third-order valence-electron chi connectivity index (χ3n) is 3.63. The molecule has 0 radical (unpaired) electrons. The number of hydrogen-bond acceptors (Lipinski definition) is 2. The van der Waals surface area contributed by atoms with E-state index < -0.39 is 0 Å². The van der Waals surface area contributed by atoms with Gasteiger partial charge in [0, 0.05) is 10.5 Å². The zero-order valence-corrected chi connectivity index (χ0v) is 14.6. The van der Waals surface area contributed by atoms with E-state index in [1.165, 1.54) is 11.1 Å². The van der Waals surface area contributed by atoms with Gasteiger partial charge in [-0.05, 0) is 55.3 Å². The second-order valence-corrected chi connectivity index (χ2v) is 6.38. The summed E-state index contributed by atoms with van der Waals surface area (Å²) >= 11 is 3.62. The number of rotatable bonds is 5. The molecule has 1 atom stereocenters. The first-order chi connectivity index (χ1) is 10.0. The van der Waals surface area contributed by atoms with Crippen molar-refractivity contribution in [2.24, 2.45) is 0 Å². The van der Waals surface area contributed by atoms with Gasteiger partial charge in [-0.2, -0.15) is 0 Å². The van der Waals surface area contributed by atoms with Gasteiger partial charge in [0.15, 0.2) is 0 Å². The second-order valence-electron chi connectivity index (χ2n) is 5.52. The van der Waals surface area contributed by atoms with Crippen molar-refractivity contribution in [3.63, 3.8) is 0 Å². The van der Waals surface area contributed by atoms with Crippen LogP contribution in [0, 0.1) is 0 Å². The van der Waals surface area contributed by atoms with E-state index in [9.17, 15) is 0 Å². The minimum absolute atomic E-state index is 0.303. The van der Waals surface area contributed by atoms with E-state index >= 15 is 0 Å². The Balaban J connectivity index is 2.20. The van der Waals surface area contributed by atoms with Crippen LogP contribution in [-0.4, -0.2) is 7.05 Å². The number of benzene rings is 2. The van der Waals surface area contributed by atoms with Gasteiger partial charge in [-0.3, -0.25) is 0 Å². The van der Waals surface area contributed by atoms with Gasteiger partial charge in [0.05, 0.1) is 0 Å². The Morgan fingerprint density at radius 1 is 1.00 bits per heavy atom. The molecule has 0 spiro atoms. The Kier molecular flexibility index (Phi) is 5.43. The van der Waals surface area contributed by atoms with Crippen LogP contribution < -0.4 is 10.1 Å². The third-order valence-corrected chi connectivity index (χ3v) is 4.32. The highest BCUT2D eigenvalue weighted by Gasteiger charge is 2.09. The number of hydrogen-bond donors (Lipinski definition) is 1. The average molecular weight is 348 g/mol. The molecule has 0 saturated carbocycles. The highest BCUT2D eigenvalue weighted by molar-refractivity contribution is 9.10. The minimum atomic E-state index is 0.303. The van der Waals surface area contributed by atoms with Crippen molar-refractivity contribution in [1.82, 2.24) is 5.32 Å². The van der Waals surface area contributed by atoms with Crippen LogP contribution >= 0.6 is 15.9 Å². The molecule has 0 bridgehead atoms. The maximum Gasteiger partial charge on any atom is 0.128 e. The van der Waals surface area contributed by atoms with Gasteiger partial charge in [-0.1, -0.05) is 48.0 Å². The van der Waals surface area contributed by atoms with E-state index in [2.05, 4.69) is 60.2 Å². The molecule has 0 aliphatic rings. The highest BCUT2D eigenvalue weighted by Crippen LogP contribution is 2.31. The van der Waals surface area contributed by atoms with Gasteiger partial charge in [0.1, 0.15) is 11.5 Å². The van der Waals surface area contributed by atoms with Crippen LogP contribution in [-0.2, 0) is 0 Å². The molecule has 112 valence electrons. The first-order valence-electron chi connectivity index (χ1n) is 7.25. The summed E-state index contributed by atoms with van der Waals surface area (Å²) in [6, 6.07) is 14.7. The molecule has 0 heterocycles. The van der Waals surface area contributed by atoms with E-state index in [1.54, 1.807) is 0 Å². The summed E-state index contributed by atoms with van der Waals surface area (Å²) in [6.45, 7) is 6.50. The lowest BCUT2D eigenvalue weighted by molar-refractivity contribution is 0.480. The average Bonchev–Trinajstić information content (AvgIpc) is 2.47. The molecule has 2 rings (SSSR count). The highest BCUT2D eigenvalue weighted by atomic mass is 79.9. The van der Waals surface area contributed by atoms with Crippen LogP contribution in [0.15, 0.2) is 46.9 Å². The Morgan fingerprint density at radius 3 is 2.33 bits per heavy atom. The van der Waals surface area contributed by atoms with Crippen LogP contribution in [0.3, 0.4) is 0 Å². The third kappa shape index (κ3) is 4.08. The van der Waals surface area contributed by atoms with Crippen LogP contribution in [0.2, 0.25) is 0 Å². The quantitative estimate of drug-likeness (QED) is 0.754. The maximum absolute atomic E-state index is 5.97. The summed E-state index contributed by atoms with van der Waals surface area (Å²) in [5, 5.41) is 3.24. The maximum atomic E-state index is 5.97. The summed E-state index contributed by atoms with van der Waals surface area (Å²) in [4.78, 5) is 0. The van der Waals surface area contributed by atoms with Gasteiger partial charge in [0.25, 0.3) is 0 Å². The second kappa shape index (κ2) is 7.10. The summed E-state index contributed by atoms with van der Waals surface area (Å²) in [5.41, 5.74) is 2.51. The van der Waals surface area contributed by atoms with E-state index in [0.29, 0.717) is 12.0 Å². The van der Waals surface area contributed by atoms with Crippen molar-refractivity contribution >= 4 is 15.9 Å². The molecule has 1 unspecified atom stereocenters. The van der Waals surface area contributed by atoms with Crippen LogP contribution in [0.25, 0.3) is 0 Å². The zero-order chi connectivity index (χ0) is 15.4. The number of ether oxygens (including phenoxy) is 1. The van der Waals surface area contributed by atoms with Crippen molar-refractivity contribution in [3.05, 3.63) is 58.1 Å². The number of halogens is 1. The molecule has 2 aromatic rings. The predicted molar refractivity (Wildman–Crippen MR) is 92.2 cm³/mol. The van der Waals surface area contributed by atoms with E-state index in [4.69, 9.17) is 4.74 Å². The lowest BCUT2D eigenvalue weighted by atomic mass is 10.0. The largest absolute Gasteiger partial charge is 0.457 e. The van der Waals surface area contributed by atoms with Crippen LogP contribution in [0.4, 0.5) is 0 Å².